The monoisotopic (exact) mass is 406 g/mol. The van der Waals surface area contributed by atoms with E-state index >= 15 is 0 Å². The van der Waals surface area contributed by atoms with Gasteiger partial charge < -0.3 is 4.98 Å². The predicted molar refractivity (Wildman–Crippen MR) is 121 cm³/mol. The van der Waals surface area contributed by atoms with Gasteiger partial charge in [0.15, 0.2) is 0 Å². The molecule has 0 spiro atoms. The summed E-state index contributed by atoms with van der Waals surface area (Å²) in [4.78, 5) is 3.84. The number of fused-ring (bicyclic) bond motifs is 3. The van der Waals surface area contributed by atoms with Gasteiger partial charge in [0, 0.05) is 22.8 Å². The number of aromatic nitrogens is 1. The van der Waals surface area contributed by atoms with Gasteiger partial charge in [0.2, 0.25) is 0 Å². The number of para-hydroxylation sites is 1. The minimum absolute atomic E-state index is 0.317. The normalized spacial score (nSPS) is 12.0. The lowest BCUT2D eigenvalue weighted by Crippen LogP contribution is -2.32. The van der Waals surface area contributed by atoms with Crippen molar-refractivity contribution in [2.24, 2.45) is 0 Å². The van der Waals surface area contributed by atoms with E-state index in [0.717, 1.165) is 39.4 Å². The number of anilines is 1. The summed E-state index contributed by atoms with van der Waals surface area (Å²) in [5, 5.41) is 2.21. The van der Waals surface area contributed by atoms with Gasteiger partial charge in [0.05, 0.1) is 16.1 Å². The van der Waals surface area contributed by atoms with Crippen molar-refractivity contribution in [3.05, 3.63) is 71.3 Å². The summed E-state index contributed by atoms with van der Waals surface area (Å²) in [6, 6.07) is 17.2. The molecule has 4 rings (SSSR count). The number of aromatic amines is 1. The Labute approximate surface area is 172 Å². The summed E-state index contributed by atoms with van der Waals surface area (Å²) in [5.41, 5.74) is 5.99. The van der Waals surface area contributed by atoms with E-state index in [4.69, 9.17) is 0 Å². The van der Waals surface area contributed by atoms with E-state index in [9.17, 15) is 8.42 Å². The number of nitrogens with one attached hydrogen (secondary N) is 1. The molecule has 0 atom stereocenters. The lowest BCUT2D eigenvalue weighted by Gasteiger charge is -2.24. The molecule has 4 nitrogen and oxygen atoms in total. The summed E-state index contributed by atoms with van der Waals surface area (Å²) in [6.07, 6.45) is 0.722. The minimum Gasteiger partial charge on any atom is -0.353 e. The molecule has 3 aromatic carbocycles. The molecule has 1 aromatic heterocycles. The van der Waals surface area contributed by atoms with Crippen LogP contribution in [-0.2, 0) is 10.0 Å². The van der Waals surface area contributed by atoms with E-state index in [0.29, 0.717) is 17.1 Å². The summed E-state index contributed by atoms with van der Waals surface area (Å²) in [7, 11) is -3.67. The number of nitrogens with zero attached hydrogens (tertiary/aromatic N) is 1. The van der Waals surface area contributed by atoms with Crippen molar-refractivity contribution in [2.45, 2.75) is 39.0 Å². The van der Waals surface area contributed by atoms with E-state index in [1.165, 1.54) is 5.56 Å². The van der Waals surface area contributed by atoms with Gasteiger partial charge in [0.1, 0.15) is 0 Å². The number of sulfonamides is 1. The molecule has 0 amide bonds. The zero-order valence-corrected chi connectivity index (χ0v) is 18.1. The molecule has 0 aliphatic rings. The average Bonchev–Trinajstić information content (AvgIpc) is 3.10. The minimum atomic E-state index is -3.67. The van der Waals surface area contributed by atoms with Crippen LogP contribution in [0.4, 0.5) is 5.69 Å². The van der Waals surface area contributed by atoms with Crippen LogP contribution in [-0.4, -0.2) is 19.9 Å². The van der Waals surface area contributed by atoms with Gasteiger partial charge in [-0.25, -0.2) is 8.42 Å². The Bertz CT molecular complexity index is 1300. The molecule has 29 heavy (non-hydrogen) atoms. The number of hydrogen-bond acceptors (Lipinski definition) is 2. The van der Waals surface area contributed by atoms with Crippen LogP contribution in [0.15, 0.2) is 59.5 Å². The fraction of sp³-hybridized carbons (Fsp3) is 0.250. The van der Waals surface area contributed by atoms with E-state index in [2.05, 4.69) is 37.0 Å². The highest BCUT2D eigenvalue weighted by molar-refractivity contribution is 7.92. The Morgan fingerprint density at radius 3 is 2.24 bits per heavy atom. The maximum atomic E-state index is 13.5. The second-order valence-corrected chi connectivity index (χ2v) is 9.53. The number of benzene rings is 3. The third-order valence-corrected chi connectivity index (χ3v) is 7.32. The predicted octanol–water partition coefficient (Wildman–Crippen LogP) is 5.85. The van der Waals surface area contributed by atoms with Crippen LogP contribution in [0.5, 0.6) is 0 Å². The van der Waals surface area contributed by atoms with Crippen molar-refractivity contribution < 1.29 is 8.42 Å². The van der Waals surface area contributed by atoms with Crippen LogP contribution in [0, 0.1) is 20.8 Å². The lowest BCUT2D eigenvalue weighted by atomic mass is 10.0. The number of H-pyrrole nitrogens is 1. The van der Waals surface area contributed by atoms with Gasteiger partial charge in [-0.05, 0) is 56.5 Å². The highest BCUT2D eigenvalue weighted by Crippen LogP contribution is 2.37. The van der Waals surface area contributed by atoms with Gasteiger partial charge in [-0.15, -0.1) is 0 Å². The van der Waals surface area contributed by atoms with Gasteiger partial charge in [-0.2, -0.15) is 0 Å². The maximum absolute atomic E-state index is 13.5. The molecular formula is C24H26N2O2S. The first kappa shape index (κ1) is 19.5. The third kappa shape index (κ3) is 3.19. The van der Waals surface area contributed by atoms with Gasteiger partial charge in [-0.1, -0.05) is 48.9 Å². The first-order chi connectivity index (χ1) is 13.8. The van der Waals surface area contributed by atoms with Crippen molar-refractivity contribution in [3.8, 4) is 0 Å². The lowest BCUT2D eigenvalue weighted by molar-refractivity contribution is 0.590. The van der Waals surface area contributed by atoms with Gasteiger partial charge >= 0.3 is 0 Å². The van der Waals surface area contributed by atoms with Crippen LogP contribution in [0.1, 0.15) is 30.0 Å². The summed E-state index contributed by atoms with van der Waals surface area (Å²) >= 11 is 0. The maximum Gasteiger partial charge on any atom is 0.264 e. The quantitative estimate of drug-likeness (QED) is 0.452. The third-order valence-electron chi connectivity index (χ3n) is 5.49. The Kier molecular flexibility index (Phi) is 4.87. The summed E-state index contributed by atoms with van der Waals surface area (Å²) < 4.78 is 28.6. The zero-order valence-electron chi connectivity index (χ0n) is 17.3. The highest BCUT2D eigenvalue weighted by Gasteiger charge is 2.26. The highest BCUT2D eigenvalue weighted by atomic mass is 32.2. The molecular weight excluding hydrogens is 380 g/mol. The molecule has 0 bridgehead atoms. The van der Waals surface area contributed by atoms with Crippen molar-refractivity contribution in [3.63, 3.8) is 0 Å². The molecule has 0 radical (unpaired) electrons. The van der Waals surface area contributed by atoms with Gasteiger partial charge in [0.25, 0.3) is 10.0 Å². The van der Waals surface area contributed by atoms with Crippen LogP contribution in [0.25, 0.3) is 21.8 Å². The molecule has 150 valence electrons. The number of hydrogen-bond donors (Lipinski definition) is 1. The average molecular weight is 407 g/mol. The molecule has 0 unspecified atom stereocenters. The molecule has 0 fully saturated rings. The molecule has 5 heteroatoms. The smallest absolute Gasteiger partial charge is 0.264 e. The molecule has 0 saturated heterocycles. The van der Waals surface area contributed by atoms with Crippen molar-refractivity contribution in [1.82, 2.24) is 4.98 Å². The fourth-order valence-electron chi connectivity index (χ4n) is 3.94. The first-order valence-corrected chi connectivity index (χ1v) is 11.4. The molecule has 0 saturated carbocycles. The topological polar surface area (TPSA) is 53.2 Å². The Morgan fingerprint density at radius 1 is 0.862 bits per heavy atom. The molecule has 1 N–H and O–H groups in total. The second kappa shape index (κ2) is 7.23. The fourth-order valence-corrected chi connectivity index (χ4v) is 5.51. The standard InChI is InChI=1S/C24H26N2O2S/c1-5-15-26(29(27,28)19-13-9-16(2)10-14-19)21-8-6-7-20-22-17(3)11-12-18(4)23(22)25-24(20)21/h6-14,25H,5,15H2,1-4H3. The summed E-state index contributed by atoms with van der Waals surface area (Å²) in [6.45, 7) is 8.54. The van der Waals surface area contributed by atoms with Crippen molar-refractivity contribution in [2.75, 3.05) is 10.8 Å². The van der Waals surface area contributed by atoms with Gasteiger partial charge in [-0.3, -0.25) is 4.31 Å². The molecule has 0 aliphatic heterocycles. The Hall–Kier alpha value is -2.79. The zero-order chi connectivity index (χ0) is 20.8. The number of rotatable bonds is 5. The number of aryl methyl sites for hydroxylation is 3. The van der Waals surface area contributed by atoms with Crippen LogP contribution >= 0.6 is 0 Å². The van der Waals surface area contributed by atoms with Crippen LogP contribution in [0.3, 0.4) is 0 Å². The SMILES string of the molecule is CCCN(c1cccc2c1[nH]c1c(C)ccc(C)c12)S(=O)(=O)c1ccc(C)cc1. The van der Waals surface area contributed by atoms with Crippen LogP contribution < -0.4 is 4.31 Å². The van der Waals surface area contributed by atoms with Crippen molar-refractivity contribution >= 4 is 37.5 Å². The largest absolute Gasteiger partial charge is 0.353 e. The second-order valence-electron chi connectivity index (χ2n) is 7.66. The molecule has 4 aromatic rings. The van der Waals surface area contributed by atoms with E-state index < -0.39 is 10.0 Å². The molecule has 1 heterocycles. The first-order valence-electron chi connectivity index (χ1n) is 9.94. The van der Waals surface area contributed by atoms with E-state index in [-0.39, 0.29) is 0 Å². The van der Waals surface area contributed by atoms with E-state index in [1.807, 2.05) is 38.1 Å². The van der Waals surface area contributed by atoms with E-state index in [1.54, 1.807) is 16.4 Å². The Morgan fingerprint density at radius 2 is 1.55 bits per heavy atom. The summed E-state index contributed by atoms with van der Waals surface area (Å²) in [5.74, 6) is 0. The molecule has 0 aliphatic carbocycles. The van der Waals surface area contributed by atoms with Crippen LogP contribution in [0.2, 0.25) is 0 Å². The van der Waals surface area contributed by atoms with Crippen molar-refractivity contribution in [1.29, 1.82) is 0 Å². The Balaban J connectivity index is 1.98.